The summed E-state index contributed by atoms with van der Waals surface area (Å²) in [7, 11) is 1.84. The average molecular weight is 195 g/mol. The highest BCUT2D eigenvalue weighted by Crippen LogP contribution is 2.10. The Bertz CT molecular complexity index is 278. The molecule has 1 heterocycles. The maximum absolute atomic E-state index is 8.74. The molecule has 1 rings (SSSR count). The van der Waals surface area contributed by atoms with E-state index < -0.39 is 0 Å². The number of rotatable bonds is 5. The van der Waals surface area contributed by atoms with Crippen molar-refractivity contribution in [3.05, 3.63) is 18.2 Å². The van der Waals surface area contributed by atoms with Gasteiger partial charge in [-0.3, -0.25) is 0 Å². The van der Waals surface area contributed by atoms with Crippen LogP contribution in [0.25, 0.3) is 0 Å². The molecule has 1 aromatic heterocycles. The van der Waals surface area contributed by atoms with E-state index in [1.165, 1.54) is 0 Å². The SMILES string of the molecule is CNc1cccc(NC(C)CCO)n1. The highest BCUT2D eigenvalue weighted by atomic mass is 16.3. The minimum Gasteiger partial charge on any atom is -0.396 e. The van der Waals surface area contributed by atoms with Crippen molar-refractivity contribution < 1.29 is 5.11 Å². The zero-order valence-corrected chi connectivity index (χ0v) is 8.62. The maximum atomic E-state index is 8.74. The first kappa shape index (κ1) is 10.8. The van der Waals surface area contributed by atoms with Crippen LogP contribution in [0.1, 0.15) is 13.3 Å². The van der Waals surface area contributed by atoms with Crippen LogP contribution in [0.15, 0.2) is 18.2 Å². The molecule has 0 saturated carbocycles. The average Bonchev–Trinajstić information content (AvgIpc) is 2.18. The summed E-state index contributed by atoms with van der Waals surface area (Å²) >= 11 is 0. The highest BCUT2D eigenvalue weighted by molar-refractivity contribution is 5.45. The van der Waals surface area contributed by atoms with E-state index in [1.807, 2.05) is 32.2 Å². The van der Waals surface area contributed by atoms with Gasteiger partial charge in [-0.05, 0) is 25.5 Å². The maximum Gasteiger partial charge on any atom is 0.128 e. The van der Waals surface area contributed by atoms with E-state index in [1.54, 1.807) is 0 Å². The van der Waals surface area contributed by atoms with Gasteiger partial charge in [0.2, 0.25) is 0 Å². The molecule has 0 amide bonds. The van der Waals surface area contributed by atoms with Crippen molar-refractivity contribution in [1.29, 1.82) is 0 Å². The summed E-state index contributed by atoms with van der Waals surface area (Å²) in [5.74, 6) is 1.67. The molecular weight excluding hydrogens is 178 g/mol. The van der Waals surface area contributed by atoms with Crippen LogP contribution in [0.4, 0.5) is 11.6 Å². The summed E-state index contributed by atoms with van der Waals surface area (Å²) in [5.41, 5.74) is 0. The van der Waals surface area contributed by atoms with E-state index in [2.05, 4.69) is 15.6 Å². The molecule has 1 unspecified atom stereocenters. The van der Waals surface area contributed by atoms with Gasteiger partial charge in [0, 0.05) is 19.7 Å². The lowest BCUT2D eigenvalue weighted by atomic mass is 10.2. The summed E-state index contributed by atoms with van der Waals surface area (Å²) in [6, 6.07) is 5.99. The molecule has 1 atom stereocenters. The Morgan fingerprint density at radius 2 is 2.14 bits per heavy atom. The van der Waals surface area contributed by atoms with Gasteiger partial charge in [0.05, 0.1) is 0 Å². The summed E-state index contributed by atoms with van der Waals surface area (Å²) in [4.78, 5) is 4.31. The lowest BCUT2D eigenvalue weighted by Crippen LogP contribution is -2.17. The monoisotopic (exact) mass is 195 g/mol. The van der Waals surface area contributed by atoms with E-state index in [9.17, 15) is 0 Å². The van der Waals surface area contributed by atoms with Crippen molar-refractivity contribution in [3.63, 3.8) is 0 Å². The fraction of sp³-hybridized carbons (Fsp3) is 0.500. The summed E-state index contributed by atoms with van der Waals surface area (Å²) < 4.78 is 0. The second-order valence-corrected chi connectivity index (χ2v) is 3.22. The second kappa shape index (κ2) is 5.44. The van der Waals surface area contributed by atoms with Crippen molar-refractivity contribution in [2.24, 2.45) is 0 Å². The van der Waals surface area contributed by atoms with Crippen molar-refractivity contribution in [2.45, 2.75) is 19.4 Å². The number of nitrogens with one attached hydrogen (secondary N) is 2. The Morgan fingerprint density at radius 1 is 1.43 bits per heavy atom. The first-order chi connectivity index (χ1) is 6.76. The third-order valence-corrected chi connectivity index (χ3v) is 1.96. The predicted molar refractivity (Wildman–Crippen MR) is 58.6 cm³/mol. The molecule has 14 heavy (non-hydrogen) atoms. The molecule has 0 spiro atoms. The van der Waals surface area contributed by atoms with Crippen LogP contribution in [0, 0.1) is 0 Å². The minimum atomic E-state index is 0.194. The Kier molecular flexibility index (Phi) is 4.19. The Balaban J connectivity index is 2.57. The minimum absolute atomic E-state index is 0.194. The van der Waals surface area contributed by atoms with E-state index in [4.69, 9.17) is 5.11 Å². The van der Waals surface area contributed by atoms with Gasteiger partial charge in [0.1, 0.15) is 11.6 Å². The van der Waals surface area contributed by atoms with Gasteiger partial charge in [0.25, 0.3) is 0 Å². The number of anilines is 2. The molecule has 0 saturated heterocycles. The van der Waals surface area contributed by atoms with Crippen molar-refractivity contribution in [2.75, 3.05) is 24.3 Å². The molecule has 3 N–H and O–H groups in total. The summed E-state index contributed by atoms with van der Waals surface area (Å²) in [6.45, 7) is 2.21. The number of pyridine rings is 1. The third-order valence-electron chi connectivity index (χ3n) is 1.96. The Labute approximate surface area is 84.4 Å². The number of aliphatic hydroxyl groups excluding tert-OH is 1. The van der Waals surface area contributed by atoms with Gasteiger partial charge in [-0.2, -0.15) is 0 Å². The van der Waals surface area contributed by atoms with E-state index in [-0.39, 0.29) is 12.6 Å². The van der Waals surface area contributed by atoms with Crippen molar-refractivity contribution >= 4 is 11.6 Å². The fourth-order valence-electron chi connectivity index (χ4n) is 1.17. The second-order valence-electron chi connectivity index (χ2n) is 3.22. The van der Waals surface area contributed by atoms with E-state index in [0.717, 1.165) is 18.1 Å². The molecule has 1 aromatic rings. The zero-order chi connectivity index (χ0) is 10.4. The van der Waals surface area contributed by atoms with Crippen LogP contribution in [0.5, 0.6) is 0 Å². The Morgan fingerprint density at radius 3 is 2.79 bits per heavy atom. The fourth-order valence-corrected chi connectivity index (χ4v) is 1.17. The van der Waals surface area contributed by atoms with Crippen LogP contribution in [0.2, 0.25) is 0 Å². The number of hydrogen-bond acceptors (Lipinski definition) is 4. The van der Waals surface area contributed by atoms with Crippen molar-refractivity contribution in [1.82, 2.24) is 4.98 Å². The number of aromatic nitrogens is 1. The third kappa shape index (κ3) is 3.22. The zero-order valence-electron chi connectivity index (χ0n) is 8.62. The smallest absolute Gasteiger partial charge is 0.128 e. The Hall–Kier alpha value is -1.29. The molecule has 4 heteroatoms. The molecule has 0 aliphatic heterocycles. The first-order valence-electron chi connectivity index (χ1n) is 4.78. The van der Waals surface area contributed by atoms with Crippen LogP contribution < -0.4 is 10.6 Å². The molecular formula is C10H17N3O. The standard InChI is InChI=1S/C10H17N3O/c1-8(6-7-14)12-10-5-3-4-9(11-2)13-10/h3-5,8,14H,6-7H2,1-2H3,(H2,11,12,13). The lowest BCUT2D eigenvalue weighted by molar-refractivity contribution is 0.282. The topological polar surface area (TPSA) is 57.2 Å². The molecule has 0 radical (unpaired) electrons. The van der Waals surface area contributed by atoms with Gasteiger partial charge < -0.3 is 15.7 Å². The molecule has 0 aromatic carbocycles. The van der Waals surface area contributed by atoms with Crippen LogP contribution in [-0.2, 0) is 0 Å². The highest BCUT2D eigenvalue weighted by Gasteiger charge is 2.01. The number of aliphatic hydroxyl groups is 1. The van der Waals surface area contributed by atoms with Crippen molar-refractivity contribution in [3.8, 4) is 0 Å². The van der Waals surface area contributed by atoms with Crippen LogP contribution in [-0.4, -0.2) is 29.8 Å². The molecule has 78 valence electrons. The van der Waals surface area contributed by atoms with Crippen LogP contribution in [0.3, 0.4) is 0 Å². The molecule has 0 aliphatic carbocycles. The van der Waals surface area contributed by atoms with Crippen LogP contribution >= 0.6 is 0 Å². The number of hydrogen-bond donors (Lipinski definition) is 3. The number of nitrogens with zero attached hydrogens (tertiary/aromatic N) is 1. The normalized spacial score (nSPS) is 12.2. The molecule has 0 bridgehead atoms. The lowest BCUT2D eigenvalue weighted by Gasteiger charge is -2.13. The van der Waals surface area contributed by atoms with Gasteiger partial charge in [-0.15, -0.1) is 0 Å². The predicted octanol–water partition coefficient (Wildman–Crippen LogP) is 1.31. The van der Waals surface area contributed by atoms with E-state index in [0.29, 0.717) is 0 Å². The summed E-state index contributed by atoms with van der Waals surface area (Å²) in [6.07, 6.45) is 0.728. The largest absolute Gasteiger partial charge is 0.396 e. The van der Waals surface area contributed by atoms with Gasteiger partial charge in [-0.1, -0.05) is 6.07 Å². The van der Waals surface area contributed by atoms with Gasteiger partial charge >= 0.3 is 0 Å². The molecule has 0 aliphatic rings. The molecule has 0 fully saturated rings. The first-order valence-corrected chi connectivity index (χ1v) is 4.78. The molecule has 4 nitrogen and oxygen atoms in total. The van der Waals surface area contributed by atoms with Gasteiger partial charge in [0.15, 0.2) is 0 Å². The summed E-state index contributed by atoms with van der Waals surface area (Å²) in [5, 5.41) is 14.9. The van der Waals surface area contributed by atoms with Gasteiger partial charge in [-0.25, -0.2) is 4.98 Å². The van der Waals surface area contributed by atoms with E-state index >= 15 is 0 Å². The quantitative estimate of drug-likeness (QED) is 0.663.